The van der Waals surface area contributed by atoms with Crippen LogP contribution >= 0.6 is 0 Å². The Bertz CT molecular complexity index is 3010. The standard InChI is InChI=1S/C60H66F3N9O10/c61-60(62,63)59(81)82-51-21-6-3-15-45(51)55(77)72-48(18-9-12-36-66)58(80)69-42-32-26-39(27-33-42)52(37-22-28-40(29-23-37)67-56(78)46(16-7-10-34-64)70-53(75)43-13-1-4-19-49(43)73)38-24-30-41(31-25-38)68-57(79)47(17-8-11-35-65)71-54(76)44-14-2-5-20-50(44)74/h1-6,13-15,19-33,46-48,52,73-74H,7-12,16-18,34-36,64-66H2,(H,67,78)(H,68,79)(H,69,80)(H,70,75)(H,71,76)(H,72,77)/t46-,47-,48-/m1/s1. The van der Waals surface area contributed by atoms with Crippen molar-refractivity contribution in [2.75, 3.05) is 35.6 Å². The first-order chi connectivity index (χ1) is 39.4. The van der Waals surface area contributed by atoms with Crippen LogP contribution in [0.25, 0.3) is 0 Å². The molecule has 0 aromatic heterocycles. The van der Waals surface area contributed by atoms with Crippen LogP contribution in [0.5, 0.6) is 17.2 Å². The molecule has 0 aliphatic carbocycles. The second kappa shape index (κ2) is 30.5. The molecule has 14 N–H and O–H groups in total. The van der Waals surface area contributed by atoms with E-state index < -0.39 is 82.9 Å². The highest BCUT2D eigenvalue weighted by molar-refractivity contribution is 6.04. The molecule has 82 heavy (non-hydrogen) atoms. The van der Waals surface area contributed by atoms with Gasteiger partial charge in [0.1, 0.15) is 35.4 Å². The summed E-state index contributed by atoms with van der Waals surface area (Å²) in [6, 6.07) is 34.3. The molecule has 22 heteroatoms. The summed E-state index contributed by atoms with van der Waals surface area (Å²) >= 11 is 0. The molecule has 0 saturated carbocycles. The predicted molar refractivity (Wildman–Crippen MR) is 303 cm³/mol. The third-order valence-electron chi connectivity index (χ3n) is 13.1. The highest BCUT2D eigenvalue weighted by Crippen LogP contribution is 2.35. The molecule has 0 bridgehead atoms. The van der Waals surface area contributed by atoms with Gasteiger partial charge in [0.2, 0.25) is 17.7 Å². The molecule has 6 aromatic carbocycles. The molecule has 0 fully saturated rings. The number of nitrogens with two attached hydrogens (primary N) is 3. The third-order valence-corrected chi connectivity index (χ3v) is 13.1. The molecule has 0 heterocycles. The molecule has 0 unspecified atom stereocenters. The number of amides is 6. The summed E-state index contributed by atoms with van der Waals surface area (Å²) in [5.74, 6) is -8.10. The first kappa shape index (κ1) is 62.1. The molecule has 6 aromatic rings. The largest absolute Gasteiger partial charge is 0.507 e. The first-order valence-electron chi connectivity index (χ1n) is 26.6. The number of esters is 1. The van der Waals surface area contributed by atoms with Gasteiger partial charge >= 0.3 is 12.1 Å². The van der Waals surface area contributed by atoms with Crippen molar-refractivity contribution in [3.63, 3.8) is 0 Å². The summed E-state index contributed by atoms with van der Waals surface area (Å²) in [7, 11) is 0. The van der Waals surface area contributed by atoms with Crippen LogP contribution in [-0.2, 0) is 19.2 Å². The fourth-order valence-corrected chi connectivity index (χ4v) is 8.77. The average molecular weight is 1130 g/mol. The monoisotopic (exact) mass is 1130 g/mol. The predicted octanol–water partition coefficient (Wildman–Crippen LogP) is 7.34. The molecule has 6 rings (SSSR count). The molecular formula is C60H66F3N9O10. The number of anilines is 3. The molecule has 0 saturated heterocycles. The molecule has 0 radical (unpaired) electrons. The number of hydrogen-bond donors (Lipinski definition) is 11. The smallest absolute Gasteiger partial charge is 0.491 e. The fraction of sp³-hybridized carbons (Fsp3) is 0.283. The van der Waals surface area contributed by atoms with E-state index in [1.807, 2.05) is 0 Å². The summed E-state index contributed by atoms with van der Waals surface area (Å²) in [6.07, 6.45) is -1.56. The summed E-state index contributed by atoms with van der Waals surface area (Å²) < 4.78 is 43.7. The Labute approximate surface area is 471 Å². The lowest BCUT2D eigenvalue weighted by Crippen LogP contribution is -2.44. The van der Waals surface area contributed by atoms with Crippen molar-refractivity contribution in [1.29, 1.82) is 0 Å². The number of benzene rings is 6. The van der Waals surface area contributed by atoms with Gasteiger partial charge in [-0.3, -0.25) is 28.8 Å². The number of phenolic OH excluding ortho intramolecular Hbond substituents is 2. The third kappa shape index (κ3) is 17.9. The lowest BCUT2D eigenvalue weighted by Gasteiger charge is -2.22. The molecule has 0 aliphatic heterocycles. The van der Waals surface area contributed by atoms with Crippen LogP contribution in [-0.4, -0.2) is 95.6 Å². The maximum atomic E-state index is 13.9. The number of ether oxygens (including phenoxy) is 1. The van der Waals surface area contributed by atoms with Crippen LogP contribution in [0.15, 0.2) is 146 Å². The van der Waals surface area contributed by atoms with Crippen LogP contribution in [0, 0.1) is 0 Å². The molecule has 0 spiro atoms. The maximum Gasteiger partial charge on any atom is 0.491 e. The van der Waals surface area contributed by atoms with Crippen molar-refractivity contribution >= 4 is 58.5 Å². The van der Waals surface area contributed by atoms with Gasteiger partial charge in [-0.05, 0) is 167 Å². The minimum atomic E-state index is -5.33. The minimum Gasteiger partial charge on any atom is -0.507 e. The zero-order chi connectivity index (χ0) is 59.2. The van der Waals surface area contributed by atoms with Gasteiger partial charge in [-0.1, -0.05) is 72.8 Å². The zero-order valence-electron chi connectivity index (χ0n) is 44.7. The van der Waals surface area contributed by atoms with Crippen molar-refractivity contribution in [2.45, 2.75) is 88.0 Å². The topological polar surface area (TPSA) is 319 Å². The van der Waals surface area contributed by atoms with Crippen LogP contribution in [0.1, 0.15) is 111 Å². The van der Waals surface area contributed by atoms with Gasteiger partial charge in [0.05, 0.1) is 16.7 Å². The highest BCUT2D eigenvalue weighted by atomic mass is 19.4. The summed E-state index contributed by atoms with van der Waals surface area (Å²) in [4.78, 5) is 93.1. The molecule has 0 aliphatic rings. The number of nitrogens with one attached hydrogen (secondary N) is 6. The van der Waals surface area contributed by atoms with Crippen molar-refractivity contribution in [3.05, 3.63) is 179 Å². The number of carbonyl (C=O) groups excluding carboxylic acids is 7. The zero-order valence-corrected chi connectivity index (χ0v) is 44.7. The van der Waals surface area contributed by atoms with Gasteiger partial charge in [-0.2, -0.15) is 13.2 Å². The maximum absolute atomic E-state index is 13.9. The van der Waals surface area contributed by atoms with Gasteiger partial charge < -0.3 is 64.1 Å². The van der Waals surface area contributed by atoms with Crippen LogP contribution in [0.2, 0.25) is 0 Å². The lowest BCUT2D eigenvalue weighted by molar-refractivity contribution is -0.189. The van der Waals surface area contributed by atoms with Gasteiger partial charge in [0.25, 0.3) is 17.7 Å². The number of rotatable bonds is 28. The number of hydrogen-bond acceptors (Lipinski definition) is 13. The Balaban J connectivity index is 1.26. The second-order valence-electron chi connectivity index (χ2n) is 19.1. The van der Waals surface area contributed by atoms with Crippen molar-refractivity contribution in [2.24, 2.45) is 17.2 Å². The average Bonchev–Trinajstić information content (AvgIpc) is 3.67. The van der Waals surface area contributed by atoms with Gasteiger partial charge in [0.15, 0.2) is 0 Å². The molecule has 6 amide bonds. The Morgan fingerprint density at radius 1 is 0.427 bits per heavy atom. The Kier molecular flexibility index (Phi) is 23.1. The van der Waals surface area contributed by atoms with E-state index in [1.165, 1.54) is 36.4 Å². The number of halogens is 3. The van der Waals surface area contributed by atoms with Crippen molar-refractivity contribution in [3.8, 4) is 17.2 Å². The van der Waals surface area contributed by atoms with E-state index >= 15 is 0 Å². The van der Waals surface area contributed by atoms with E-state index in [1.54, 1.807) is 97.1 Å². The SMILES string of the molecule is NCCCC[C@@H](NC(=O)c1ccccc1O)C(=O)Nc1ccc(C(c2ccc(NC(=O)[C@@H](CCCCN)NC(=O)c3ccccc3O)cc2)c2ccc(NC(=O)[C@@H](CCCCN)NC(=O)c3ccccc3OC(=O)C(F)(F)F)cc2)cc1. The van der Waals surface area contributed by atoms with E-state index in [0.717, 1.165) is 23.3 Å². The Morgan fingerprint density at radius 3 is 1.05 bits per heavy atom. The summed E-state index contributed by atoms with van der Waals surface area (Å²) in [5, 5.41) is 37.2. The van der Waals surface area contributed by atoms with E-state index in [2.05, 4.69) is 36.6 Å². The summed E-state index contributed by atoms with van der Waals surface area (Å²) in [6.45, 7) is 1.04. The number of aromatic hydroxyl groups is 2. The number of carbonyl (C=O) groups is 7. The molecule has 3 atom stereocenters. The second-order valence-corrected chi connectivity index (χ2v) is 19.1. The van der Waals surface area contributed by atoms with Gasteiger partial charge in [-0.25, -0.2) is 4.79 Å². The fourth-order valence-electron chi connectivity index (χ4n) is 8.77. The van der Waals surface area contributed by atoms with E-state index in [0.29, 0.717) is 74.2 Å². The van der Waals surface area contributed by atoms with Gasteiger partial charge in [0, 0.05) is 23.0 Å². The van der Waals surface area contributed by atoms with Gasteiger partial charge in [-0.15, -0.1) is 0 Å². The lowest BCUT2D eigenvalue weighted by atomic mass is 9.85. The number of phenols is 2. The van der Waals surface area contributed by atoms with E-state index in [-0.39, 0.29) is 48.4 Å². The number of alkyl halides is 3. The quantitative estimate of drug-likeness (QED) is 0.00992. The number of para-hydroxylation sites is 3. The Morgan fingerprint density at radius 2 is 0.732 bits per heavy atom. The summed E-state index contributed by atoms with van der Waals surface area (Å²) in [5.41, 5.74) is 20.0. The molecular weight excluding hydrogens is 1060 g/mol. The van der Waals surface area contributed by atoms with Crippen LogP contribution < -0.4 is 53.8 Å². The first-order valence-corrected chi connectivity index (χ1v) is 26.6. The molecule has 19 nitrogen and oxygen atoms in total. The minimum absolute atomic E-state index is 0.00472. The Hall–Kier alpha value is -9.12. The van der Waals surface area contributed by atoms with E-state index in [4.69, 9.17) is 17.2 Å². The van der Waals surface area contributed by atoms with E-state index in [9.17, 15) is 56.9 Å². The van der Waals surface area contributed by atoms with Crippen molar-refractivity contribution < 1.29 is 61.7 Å². The normalized spacial score (nSPS) is 12.3. The van der Waals surface area contributed by atoms with Crippen LogP contribution in [0.3, 0.4) is 0 Å². The number of unbranched alkanes of at least 4 members (excludes halogenated alkanes) is 3. The highest BCUT2D eigenvalue weighted by Gasteiger charge is 2.42. The van der Waals surface area contributed by atoms with Crippen LogP contribution in [0.4, 0.5) is 30.2 Å². The van der Waals surface area contributed by atoms with Crippen molar-refractivity contribution in [1.82, 2.24) is 16.0 Å². The molecule has 432 valence electrons.